The Bertz CT molecular complexity index is 524. The molecule has 7 heteroatoms. The number of amides is 1. The number of nitrogens with one attached hydrogen (secondary N) is 1. The Morgan fingerprint density at radius 1 is 1.23 bits per heavy atom. The van der Waals surface area contributed by atoms with E-state index < -0.39 is 36.9 Å². The lowest BCUT2D eigenvalue weighted by Crippen LogP contribution is -2.66. The number of aliphatic hydroxyl groups excluding tert-OH is 2. The molecular formula is C15H19NO6. The predicted molar refractivity (Wildman–Crippen MR) is 74.5 cm³/mol. The summed E-state index contributed by atoms with van der Waals surface area (Å²) in [6.45, 7) is 1.49. The summed E-state index contributed by atoms with van der Waals surface area (Å²) in [5.74, 6) is -0.364. The van der Waals surface area contributed by atoms with Crippen LogP contribution in [0.15, 0.2) is 30.3 Å². The third kappa shape index (κ3) is 2.99. The van der Waals surface area contributed by atoms with Crippen molar-refractivity contribution in [2.75, 3.05) is 6.61 Å². The zero-order chi connectivity index (χ0) is 15.7. The number of hydrogen-bond acceptors (Lipinski definition) is 6. The summed E-state index contributed by atoms with van der Waals surface area (Å²) in [6, 6.07) is 8.41. The first kappa shape index (κ1) is 15.4. The van der Waals surface area contributed by atoms with Crippen molar-refractivity contribution in [1.29, 1.82) is 0 Å². The van der Waals surface area contributed by atoms with Crippen LogP contribution in [0.1, 0.15) is 18.8 Å². The van der Waals surface area contributed by atoms with Crippen molar-refractivity contribution in [3.63, 3.8) is 0 Å². The van der Waals surface area contributed by atoms with Gasteiger partial charge in [0.25, 0.3) is 0 Å². The highest BCUT2D eigenvalue weighted by molar-refractivity contribution is 5.73. The van der Waals surface area contributed by atoms with Crippen molar-refractivity contribution >= 4 is 5.91 Å². The van der Waals surface area contributed by atoms with Crippen molar-refractivity contribution in [2.45, 2.75) is 43.9 Å². The molecule has 2 aliphatic heterocycles. The van der Waals surface area contributed by atoms with E-state index in [-0.39, 0.29) is 12.5 Å². The monoisotopic (exact) mass is 309 g/mol. The maximum atomic E-state index is 11.2. The molecule has 3 rings (SSSR count). The van der Waals surface area contributed by atoms with Crippen LogP contribution in [0, 0.1) is 0 Å². The number of hydrogen-bond donors (Lipinski definition) is 3. The highest BCUT2D eigenvalue weighted by atomic mass is 16.7. The highest BCUT2D eigenvalue weighted by Crippen LogP contribution is 2.33. The molecule has 120 valence electrons. The Hall–Kier alpha value is -1.51. The van der Waals surface area contributed by atoms with Crippen LogP contribution in [0.3, 0.4) is 0 Å². The second-order valence-corrected chi connectivity index (χ2v) is 5.46. The summed E-state index contributed by atoms with van der Waals surface area (Å²) in [5.41, 5.74) is 0.829. The Labute approximate surface area is 127 Å². The van der Waals surface area contributed by atoms with Gasteiger partial charge < -0.3 is 29.7 Å². The van der Waals surface area contributed by atoms with E-state index in [1.807, 2.05) is 30.3 Å². The molecule has 3 N–H and O–H groups in total. The molecule has 0 bridgehead atoms. The first-order valence-corrected chi connectivity index (χ1v) is 7.17. The van der Waals surface area contributed by atoms with Gasteiger partial charge in [-0.15, -0.1) is 0 Å². The van der Waals surface area contributed by atoms with Crippen LogP contribution in [0.25, 0.3) is 0 Å². The fourth-order valence-electron chi connectivity index (χ4n) is 2.78. The van der Waals surface area contributed by atoms with Crippen LogP contribution in [0.5, 0.6) is 0 Å². The second-order valence-electron chi connectivity index (χ2n) is 5.46. The van der Waals surface area contributed by atoms with Gasteiger partial charge in [-0.25, -0.2) is 0 Å². The van der Waals surface area contributed by atoms with Crippen molar-refractivity contribution in [2.24, 2.45) is 0 Å². The van der Waals surface area contributed by atoms with Gasteiger partial charge in [0.15, 0.2) is 12.6 Å². The average molecular weight is 309 g/mol. The molecule has 2 heterocycles. The summed E-state index contributed by atoms with van der Waals surface area (Å²) >= 11 is 0. The lowest BCUT2D eigenvalue weighted by atomic mass is 9.96. The number of aliphatic hydroxyl groups is 2. The zero-order valence-corrected chi connectivity index (χ0v) is 12.1. The van der Waals surface area contributed by atoms with E-state index in [1.54, 1.807) is 0 Å². The SMILES string of the molecule is CC(=O)N[C@H]1[C@H](O)[C@H]2OC(c3ccccc3)OCC2O[C@H]1O. The largest absolute Gasteiger partial charge is 0.388 e. The summed E-state index contributed by atoms with van der Waals surface area (Å²) in [5, 5.41) is 22.8. The molecule has 7 nitrogen and oxygen atoms in total. The van der Waals surface area contributed by atoms with Crippen molar-refractivity contribution < 1.29 is 29.2 Å². The molecular weight excluding hydrogens is 290 g/mol. The van der Waals surface area contributed by atoms with E-state index in [1.165, 1.54) is 6.92 Å². The van der Waals surface area contributed by atoms with Crippen LogP contribution >= 0.6 is 0 Å². The topological polar surface area (TPSA) is 97.3 Å². The van der Waals surface area contributed by atoms with E-state index in [2.05, 4.69) is 5.32 Å². The van der Waals surface area contributed by atoms with Crippen LogP contribution in [0.4, 0.5) is 0 Å². The molecule has 2 fully saturated rings. The molecule has 0 saturated carbocycles. The molecule has 1 amide bonds. The predicted octanol–water partition coefficient (Wildman–Crippen LogP) is -0.317. The van der Waals surface area contributed by atoms with Gasteiger partial charge in [0.1, 0.15) is 24.4 Å². The fraction of sp³-hybridized carbons (Fsp3) is 0.533. The average Bonchev–Trinajstić information content (AvgIpc) is 2.52. The molecule has 0 aliphatic carbocycles. The minimum absolute atomic E-state index is 0.186. The van der Waals surface area contributed by atoms with Crippen LogP contribution < -0.4 is 5.32 Å². The molecule has 6 atom stereocenters. The van der Waals surface area contributed by atoms with Gasteiger partial charge in [-0.2, -0.15) is 0 Å². The van der Waals surface area contributed by atoms with Crippen LogP contribution in [-0.4, -0.2) is 53.4 Å². The lowest BCUT2D eigenvalue weighted by molar-refractivity contribution is -0.337. The first-order chi connectivity index (χ1) is 10.6. The number of carbonyl (C=O) groups is 1. The summed E-state index contributed by atoms with van der Waals surface area (Å²) in [4.78, 5) is 11.2. The van der Waals surface area contributed by atoms with Crippen LogP contribution in [0.2, 0.25) is 0 Å². The molecule has 0 radical (unpaired) electrons. The number of ether oxygens (including phenoxy) is 3. The molecule has 2 unspecified atom stereocenters. The fourth-order valence-corrected chi connectivity index (χ4v) is 2.78. The normalized spacial score (nSPS) is 38.1. The van der Waals surface area contributed by atoms with E-state index in [4.69, 9.17) is 14.2 Å². The Morgan fingerprint density at radius 2 is 1.95 bits per heavy atom. The molecule has 2 aliphatic rings. The smallest absolute Gasteiger partial charge is 0.217 e. The van der Waals surface area contributed by atoms with Gasteiger partial charge in [0.05, 0.1) is 6.61 Å². The second kappa shape index (κ2) is 6.31. The van der Waals surface area contributed by atoms with Gasteiger partial charge in [-0.1, -0.05) is 30.3 Å². The summed E-state index contributed by atoms with van der Waals surface area (Å²) < 4.78 is 16.8. The number of rotatable bonds is 2. The molecule has 1 aromatic carbocycles. The van der Waals surface area contributed by atoms with Gasteiger partial charge in [0, 0.05) is 12.5 Å². The van der Waals surface area contributed by atoms with Crippen molar-refractivity contribution in [3.05, 3.63) is 35.9 Å². The maximum Gasteiger partial charge on any atom is 0.217 e. The van der Waals surface area contributed by atoms with E-state index in [9.17, 15) is 15.0 Å². The summed E-state index contributed by atoms with van der Waals surface area (Å²) in [6.07, 6.45) is -4.29. The number of carbonyl (C=O) groups excluding carboxylic acids is 1. The van der Waals surface area contributed by atoms with E-state index in [0.717, 1.165) is 5.56 Å². The third-order valence-electron chi connectivity index (χ3n) is 3.83. The van der Waals surface area contributed by atoms with Crippen molar-refractivity contribution in [1.82, 2.24) is 5.32 Å². The Morgan fingerprint density at radius 3 is 2.64 bits per heavy atom. The molecule has 0 spiro atoms. The molecule has 2 saturated heterocycles. The van der Waals surface area contributed by atoms with Gasteiger partial charge in [-0.05, 0) is 0 Å². The quantitative estimate of drug-likeness (QED) is 0.693. The maximum absolute atomic E-state index is 11.2. The molecule has 22 heavy (non-hydrogen) atoms. The Kier molecular flexibility index (Phi) is 4.42. The van der Waals surface area contributed by atoms with E-state index >= 15 is 0 Å². The standard InChI is InChI=1S/C15H19NO6/c1-8(17)16-11-12(18)13-10(21-14(11)19)7-20-15(22-13)9-5-3-2-4-6-9/h2-6,10-15,18-19H,7H2,1H3,(H,16,17)/t10?,11-,12-,13-,14+,15?/m0/s1. The number of fused-ring (bicyclic) bond motifs is 1. The zero-order valence-electron chi connectivity index (χ0n) is 12.1. The first-order valence-electron chi connectivity index (χ1n) is 7.17. The lowest BCUT2D eigenvalue weighted by Gasteiger charge is -2.46. The van der Waals surface area contributed by atoms with Crippen LogP contribution in [-0.2, 0) is 19.0 Å². The highest BCUT2D eigenvalue weighted by Gasteiger charge is 2.49. The summed E-state index contributed by atoms with van der Waals surface area (Å²) in [7, 11) is 0. The minimum atomic E-state index is -1.30. The minimum Gasteiger partial charge on any atom is -0.388 e. The molecule has 0 aromatic heterocycles. The Balaban J connectivity index is 1.75. The van der Waals surface area contributed by atoms with Crippen molar-refractivity contribution in [3.8, 4) is 0 Å². The third-order valence-corrected chi connectivity index (χ3v) is 3.83. The van der Waals surface area contributed by atoms with Gasteiger partial charge in [0.2, 0.25) is 5.91 Å². The van der Waals surface area contributed by atoms with Gasteiger partial charge in [-0.3, -0.25) is 4.79 Å². The van der Waals surface area contributed by atoms with E-state index in [0.29, 0.717) is 0 Å². The molecule has 1 aromatic rings. The van der Waals surface area contributed by atoms with Gasteiger partial charge >= 0.3 is 0 Å². The number of benzene rings is 1.